The standard InChI is InChI=1S/C20H20ClN3O3S/c1-14(2)13-27-20-11-10-19(22-23-20)15-4-3-5-17(12-15)24-28(25,26)18-8-6-16(21)7-9-18/h3-12,14,24H,13H2,1-2H3. The number of halogens is 1. The van der Waals surface area contributed by atoms with Crippen LogP contribution in [0.1, 0.15) is 13.8 Å². The first kappa shape index (κ1) is 20.1. The van der Waals surface area contributed by atoms with Gasteiger partial charge in [-0.15, -0.1) is 10.2 Å². The van der Waals surface area contributed by atoms with Gasteiger partial charge >= 0.3 is 0 Å². The van der Waals surface area contributed by atoms with Gasteiger partial charge in [-0.2, -0.15) is 0 Å². The zero-order valence-electron chi connectivity index (χ0n) is 15.5. The second kappa shape index (κ2) is 8.58. The number of anilines is 1. The lowest BCUT2D eigenvalue weighted by molar-refractivity contribution is 0.258. The molecule has 2 aromatic carbocycles. The second-order valence-corrected chi connectivity index (χ2v) is 8.72. The molecule has 1 heterocycles. The maximum Gasteiger partial charge on any atom is 0.261 e. The molecular formula is C20H20ClN3O3S. The number of aromatic nitrogens is 2. The van der Waals surface area contributed by atoms with E-state index in [-0.39, 0.29) is 4.90 Å². The van der Waals surface area contributed by atoms with Crippen molar-refractivity contribution in [3.63, 3.8) is 0 Å². The normalized spacial score (nSPS) is 11.4. The Morgan fingerprint density at radius 2 is 1.79 bits per heavy atom. The molecule has 1 aromatic heterocycles. The molecule has 28 heavy (non-hydrogen) atoms. The molecule has 0 spiro atoms. The van der Waals surface area contributed by atoms with Crippen molar-refractivity contribution in [1.82, 2.24) is 10.2 Å². The Morgan fingerprint density at radius 1 is 1.04 bits per heavy atom. The Bertz CT molecular complexity index is 1040. The molecule has 0 atom stereocenters. The number of rotatable bonds is 7. The van der Waals surface area contributed by atoms with Gasteiger partial charge in [-0.25, -0.2) is 8.42 Å². The maximum atomic E-state index is 12.5. The van der Waals surface area contributed by atoms with Crippen molar-refractivity contribution in [3.8, 4) is 17.1 Å². The minimum atomic E-state index is -3.72. The average Bonchev–Trinajstić information content (AvgIpc) is 2.67. The summed E-state index contributed by atoms with van der Waals surface area (Å²) in [5.41, 5.74) is 1.78. The summed E-state index contributed by atoms with van der Waals surface area (Å²) >= 11 is 5.82. The van der Waals surface area contributed by atoms with Gasteiger partial charge in [0.25, 0.3) is 10.0 Å². The fraction of sp³-hybridized carbons (Fsp3) is 0.200. The first-order chi connectivity index (χ1) is 13.3. The summed E-state index contributed by atoms with van der Waals surface area (Å²) < 4.78 is 33.2. The number of ether oxygens (including phenoxy) is 1. The van der Waals surface area contributed by atoms with Crippen LogP contribution in [-0.4, -0.2) is 25.2 Å². The summed E-state index contributed by atoms with van der Waals surface area (Å²) in [5, 5.41) is 8.70. The second-order valence-electron chi connectivity index (χ2n) is 6.60. The predicted octanol–water partition coefficient (Wildman–Crippen LogP) is 4.63. The fourth-order valence-corrected chi connectivity index (χ4v) is 3.55. The van der Waals surface area contributed by atoms with E-state index in [4.69, 9.17) is 16.3 Å². The van der Waals surface area contributed by atoms with Crippen LogP contribution in [-0.2, 0) is 10.0 Å². The summed E-state index contributed by atoms with van der Waals surface area (Å²) in [6, 6.07) is 16.5. The van der Waals surface area contributed by atoms with Crippen LogP contribution in [0.4, 0.5) is 5.69 Å². The van der Waals surface area contributed by atoms with Crippen LogP contribution < -0.4 is 9.46 Å². The third-order valence-electron chi connectivity index (χ3n) is 3.74. The topological polar surface area (TPSA) is 81.2 Å². The Labute approximate surface area is 169 Å². The molecule has 6 nitrogen and oxygen atoms in total. The van der Waals surface area contributed by atoms with Gasteiger partial charge in [0.1, 0.15) is 0 Å². The summed E-state index contributed by atoms with van der Waals surface area (Å²) in [4.78, 5) is 0.133. The Hall–Kier alpha value is -2.64. The zero-order valence-corrected chi connectivity index (χ0v) is 17.0. The van der Waals surface area contributed by atoms with Crippen LogP contribution in [0.5, 0.6) is 5.88 Å². The van der Waals surface area contributed by atoms with Gasteiger partial charge in [0.05, 0.1) is 17.2 Å². The molecule has 0 unspecified atom stereocenters. The third-order valence-corrected chi connectivity index (χ3v) is 5.39. The molecule has 0 aliphatic carbocycles. The van der Waals surface area contributed by atoms with E-state index in [1.807, 2.05) is 6.07 Å². The average molecular weight is 418 g/mol. The van der Waals surface area contributed by atoms with Gasteiger partial charge in [-0.1, -0.05) is 37.6 Å². The summed E-state index contributed by atoms with van der Waals surface area (Å²) in [7, 11) is -3.72. The number of nitrogens with one attached hydrogen (secondary N) is 1. The highest BCUT2D eigenvalue weighted by Gasteiger charge is 2.14. The molecule has 0 radical (unpaired) electrons. The number of hydrogen-bond donors (Lipinski definition) is 1. The lowest BCUT2D eigenvalue weighted by Gasteiger charge is -2.10. The zero-order chi connectivity index (χ0) is 20.1. The molecule has 146 valence electrons. The molecule has 0 amide bonds. The van der Waals surface area contributed by atoms with E-state index < -0.39 is 10.0 Å². The first-order valence-corrected chi connectivity index (χ1v) is 10.5. The van der Waals surface area contributed by atoms with Crippen LogP contribution in [0.2, 0.25) is 5.02 Å². The monoisotopic (exact) mass is 417 g/mol. The molecule has 1 N–H and O–H groups in total. The predicted molar refractivity (Wildman–Crippen MR) is 110 cm³/mol. The lowest BCUT2D eigenvalue weighted by atomic mass is 10.1. The third kappa shape index (κ3) is 5.21. The van der Waals surface area contributed by atoms with Gasteiger partial charge in [0.15, 0.2) is 0 Å². The Kier molecular flexibility index (Phi) is 6.16. The summed E-state index contributed by atoms with van der Waals surface area (Å²) in [6.45, 7) is 4.67. The molecule has 3 rings (SSSR count). The molecular weight excluding hydrogens is 398 g/mol. The van der Waals surface area contributed by atoms with E-state index in [1.54, 1.807) is 30.3 Å². The van der Waals surface area contributed by atoms with E-state index in [2.05, 4.69) is 28.8 Å². The van der Waals surface area contributed by atoms with E-state index >= 15 is 0 Å². The summed E-state index contributed by atoms with van der Waals surface area (Å²) in [5.74, 6) is 0.851. The van der Waals surface area contributed by atoms with E-state index in [9.17, 15) is 8.42 Å². The van der Waals surface area contributed by atoms with Crippen molar-refractivity contribution in [2.45, 2.75) is 18.7 Å². The molecule has 0 aliphatic rings. The van der Waals surface area contributed by atoms with Crippen LogP contribution in [0.3, 0.4) is 0 Å². The number of benzene rings is 2. The van der Waals surface area contributed by atoms with Crippen molar-refractivity contribution >= 4 is 27.3 Å². The van der Waals surface area contributed by atoms with Crippen molar-refractivity contribution < 1.29 is 13.2 Å². The highest BCUT2D eigenvalue weighted by Crippen LogP contribution is 2.24. The van der Waals surface area contributed by atoms with Gasteiger partial charge < -0.3 is 4.74 Å². The molecule has 0 fully saturated rings. The molecule has 0 saturated carbocycles. The highest BCUT2D eigenvalue weighted by molar-refractivity contribution is 7.92. The summed E-state index contributed by atoms with van der Waals surface area (Å²) in [6.07, 6.45) is 0. The van der Waals surface area contributed by atoms with Crippen LogP contribution in [0, 0.1) is 5.92 Å². The molecule has 0 bridgehead atoms. The molecule has 3 aromatic rings. The van der Waals surface area contributed by atoms with Crippen LogP contribution in [0.25, 0.3) is 11.3 Å². The molecule has 8 heteroatoms. The van der Waals surface area contributed by atoms with E-state index in [0.29, 0.717) is 34.8 Å². The van der Waals surface area contributed by atoms with Crippen LogP contribution >= 0.6 is 11.6 Å². The Balaban J connectivity index is 1.77. The van der Waals surface area contributed by atoms with Gasteiger partial charge in [0, 0.05) is 22.3 Å². The molecule has 0 saturated heterocycles. The minimum absolute atomic E-state index is 0.133. The van der Waals surface area contributed by atoms with Crippen molar-refractivity contribution in [3.05, 3.63) is 65.7 Å². The number of nitrogens with zero attached hydrogens (tertiary/aromatic N) is 2. The maximum absolute atomic E-state index is 12.5. The quantitative estimate of drug-likeness (QED) is 0.606. The lowest BCUT2D eigenvalue weighted by Crippen LogP contribution is -2.12. The minimum Gasteiger partial charge on any atom is -0.476 e. The van der Waals surface area contributed by atoms with Crippen molar-refractivity contribution in [2.75, 3.05) is 11.3 Å². The van der Waals surface area contributed by atoms with Gasteiger partial charge in [-0.3, -0.25) is 4.72 Å². The van der Waals surface area contributed by atoms with Crippen LogP contribution in [0.15, 0.2) is 65.6 Å². The van der Waals surface area contributed by atoms with E-state index in [1.165, 1.54) is 24.3 Å². The fourth-order valence-electron chi connectivity index (χ4n) is 2.37. The van der Waals surface area contributed by atoms with E-state index in [0.717, 1.165) is 5.56 Å². The van der Waals surface area contributed by atoms with Crippen molar-refractivity contribution in [1.29, 1.82) is 0 Å². The largest absolute Gasteiger partial charge is 0.476 e. The number of hydrogen-bond acceptors (Lipinski definition) is 5. The van der Waals surface area contributed by atoms with Gasteiger partial charge in [-0.05, 0) is 48.4 Å². The van der Waals surface area contributed by atoms with Crippen molar-refractivity contribution in [2.24, 2.45) is 5.92 Å². The molecule has 0 aliphatic heterocycles. The SMILES string of the molecule is CC(C)COc1ccc(-c2cccc(NS(=O)(=O)c3ccc(Cl)cc3)c2)nn1. The smallest absolute Gasteiger partial charge is 0.261 e. The Morgan fingerprint density at radius 3 is 2.43 bits per heavy atom. The first-order valence-electron chi connectivity index (χ1n) is 8.69. The highest BCUT2D eigenvalue weighted by atomic mass is 35.5. The number of sulfonamides is 1. The van der Waals surface area contributed by atoms with Gasteiger partial charge in [0.2, 0.25) is 5.88 Å².